The predicted molar refractivity (Wildman–Crippen MR) is 188 cm³/mol. The van der Waals surface area contributed by atoms with Crippen molar-refractivity contribution in [2.24, 2.45) is 0 Å². The van der Waals surface area contributed by atoms with E-state index in [0.717, 1.165) is 28.2 Å². The van der Waals surface area contributed by atoms with Gasteiger partial charge in [0.15, 0.2) is 0 Å². The first-order valence-electron chi connectivity index (χ1n) is 14.9. The smallest absolute Gasteiger partial charge is 0.0737 e. The molecule has 0 aliphatic heterocycles. The zero-order valence-corrected chi connectivity index (χ0v) is 24.6. The lowest BCUT2D eigenvalue weighted by atomic mass is 9.98. The van der Waals surface area contributed by atoms with Crippen molar-refractivity contribution in [2.45, 2.75) is 0 Å². The summed E-state index contributed by atoms with van der Waals surface area (Å²) in [6.45, 7) is 0. The Morgan fingerprint density at radius 3 is 1.89 bits per heavy atom. The molecular formula is C41H26N2S. The molecule has 0 amide bonds. The van der Waals surface area contributed by atoms with Crippen molar-refractivity contribution in [3.63, 3.8) is 0 Å². The predicted octanol–water partition coefficient (Wildman–Crippen LogP) is 11.5. The summed E-state index contributed by atoms with van der Waals surface area (Å²) < 4.78 is 4.96. The molecule has 44 heavy (non-hydrogen) atoms. The van der Waals surface area contributed by atoms with Crippen LogP contribution in [0.15, 0.2) is 158 Å². The highest BCUT2D eigenvalue weighted by atomic mass is 32.1. The minimum atomic E-state index is 0.963. The molecule has 2 nitrogen and oxygen atoms in total. The first kappa shape index (κ1) is 25.0. The highest BCUT2D eigenvalue weighted by molar-refractivity contribution is 7.26. The van der Waals surface area contributed by atoms with E-state index in [1.807, 2.05) is 11.3 Å². The highest BCUT2D eigenvalue weighted by Crippen LogP contribution is 2.42. The lowest BCUT2D eigenvalue weighted by Gasteiger charge is -2.14. The van der Waals surface area contributed by atoms with Crippen LogP contribution in [0.4, 0.5) is 0 Å². The maximum absolute atomic E-state index is 5.47. The molecule has 9 rings (SSSR count). The minimum absolute atomic E-state index is 0.963. The van der Waals surface area contributed by atoms with Gasteiger partial charge in [0.1, 0.15) is 0 Å². The first-order valence-corrected chi connectivity index (χ1v) is 15.7. The molecule has 3 heterocycles. The van der Waals surface area contributed by atoms with Crippen molar-refractivity contribution in [2.75, 3.05) is 0 Å². The van der Waals surface area contributed by atoms with Gasteiger partial charge < -0.3 is 4.57 Å². The molecule has 206 valence electrons. The molecule has 0 saturated heterocycles. The van der Waals surface area contributed by atoms with Crippen molar-refractivity contribution < 1.29 is 0 Å². The van der Waals surface area contributed by atoms with Crippen molar-refractivity contribution in [1.29, 1.82) is 0 Å². The van der Waals surface area contributed by atoms with Gasteiger partial charge in [-0.3, -0.25) is 0 Å². The Hall–Kier alpha value is -5.51. The second-order valence-electron chi connectivity index (χ2n) is 11.2. The SMILES string of the molecule is c1ccc(-c2cc(-c3cccc4c3sc3ccccc34)nc(-c3cccc4c5ccccc5n(-c5ccccc5)c34)c2)cc1. The van der Waals surface area contributed by atoms with Crippen LogP contribution in [0.3, 0.4) is 0 Å². The Morgan fingerprint density at radius 1 is 0.455 bits per heavy atom. The Labute approximate surface area is 259 Å². The van der Waals surface area contributed by atoms with E-state index in [4.69, 9.17) is 4.98 Å². The fourth-order valence-corrected chi connectivity index (χ4v) is 7.85. The van der Waals surface area contributed by atoms with Gasteiger partial charge in [0.25, 0.3) is 0 Å². The molecule has 0 aliphatic carbocycles. The summed E-state index contributed by atoms with van der Waals surface area (Å²) in [5, 5.41) is 5.04. The van der Waals surface area contributed by atoms with Gasteiger partial charge in [0, 0.05) is 47.8 Å². The molecule has 0 atom stereocenters. The van der Waals surface area contributed by atoms with E-state index >= 15 is 0 Å². The van der Waals surface area contributed by atoms with Gasteiger partial charge in [0.05, 0.1) is 22.4 Å². The molecule has 0 fully saturated rings. The van der Waals surface area contributed by atoms with Crippen LogP contribution in [0.1, 0.15) is 0 Å². The van der Waals surface area contributed by atoms with Crippen LogP contribution < -0.4 is 0 Å². The highest BCUT2D eigenvalue weighted by Gasteiger charge is 2.19. The molecule has 0 spiro atoms. The molecule has 0 unspecified atom stereocenters. The lowest BCUT2D eigenvalue weighted by Crippen LogP contribution is -1.97. The third-order valence-corrected chi connectivity index (χ3v) is 9.82. The topological polar surface area (TPSA) is 17.8 Å². The van der Waals surface area contributed by atoms with Crippen LogP contribution in [0.5, 0.6) is 0 Å². The quantitative estimate of drug-likeness (QED) is 0.203. The van der Waals surface area contributed by atoms with Crippen molar-refractivity contribution in [1.82, 2.24) is 9.55 Å². The van der Waals surface area contributed by atoms with Crippen molar-refractivity contribution in [3.05, 3.63) is 158 Å². The zero-order valence-electron chi connectivity index (χ0n) is 23.8. The molecule has 6 aromatic carbocycles. The van der Waals surface area contributed by atoms with Gasteiger partial charge in [-0.05, 0) is 47.5 Å². The molecular weight excluding hydrogens is 553 g/mol. The maximum Gasteiger partial charge on any atom is 0.0737 e. The average molecular weight is 579 g/mol. The van der Waals surface area contributed by atoms with Crippen LogP contribution in [-0.4, -0.2) is 9.55 Å². The molecule has 0 saturated carbocycles. The third-order valence-electron chi connectivity index (χ3n) is 8.60. The number of hydrogen-bond donors (Lipinski definition) is 0. The van der Waals surface area contributed by atoms with Gasteiger partial charge in [-0.2, -0.15) is 0 Å². The fraction of sp³-hybridized carbons (Fsp3) is 0. The number of fused-ring (bicyclic) bond motifs is 6. The summed E-state index contributed by atoms with van der Waals surface area (Å²) in [4.78, 5) is 5.47. The number of benzene rings is 6. The second-order valence-corrected chi connectivity index (χ2v) is 12.2. The number of hydrogen-bond acceptors (Lipinski definition) is 2. The molecule has 3 heteroatoms. The van der Waals surface area contributed by atoms with Gasteiger partial charge in [-0.25, -0.2) is 4.98 Å². The van der Waals surface area contributed by atoms with E-state index in [1.54, 1.807) is 0 Å². The maximum atomic E-state index is 5.47. The van der Waals surface area contributed by atoms with Gasteiger partial charge in [-0.1, -0.05) is 121 Å². The molecule has 3 aromatic heterocycles. The van der Waals surface area contributed by atoms with Gasteiger partial charge >= 0.3 is 0 Å². The molecule has 0 bridgehead atoms. The fourth-order valence-electron chi connectivity index (χ4n) is 6.62. The second kappa shape index (κ2) is 10.0. The van der Waals surface area contributed by atoms with E-state index in [2.05, 4.69) is 162 Å². The van der Waals surface area contributed by atoms with E-state index in [0.29, 0.717) is 0 Å². The summed E-state index contributed by atoms with van der Waals surface area (Å²) in [6.07, 6.45) is 0. The number of thiophene rings is 1. The van der Waals surface area contributed by atoms with Crippen LogP contribution in [0.2, 0.25) is 0 Å². The monoisotopic (exact) mass is 578 g/mol. The summed E-state index contributed by atoms with van der Waals surface area (Å²) in [7, 11) is 0. The number of para-hydroxylation sites is 3. The van der Waals surface area contributed by atoms with Crippen molar-refractivity contribution >= 4 is 53.3 Å². The molecule has 0 radical (unpaired) electrons. The molecule has 0 N–H and O–H groups in total. The largest absolute Gasteiger partial charge is 0.309 e. The number of aromatic nitrogens is 2. The van der Waals surface area contributed by atoms with Crippen LogP contribution in [0, 0.1) is 0 Å². The Balaban J connectivity index is 1.37. The standard InChI is InChI=1S/C41H26N2S/c1-3-13-27(14-4-1)28-25-36(42-37(26-28)35-22-12-20-33-31-18-8-10-24-39(31)44-41(33)35)34-21-11-19-32-30-17-7-9-23-38(30)43(40(32)34)29-15-5-2-6-16-29/h1-26H. The van der Waals surface area contributed by atoms with Gasteiger partial charge in [-0.15, -0.1) is 11.3 Å². The average Bonchev–Trinajstić information content (AvgIpc) is 3.65. The van der Waals surface area contributed by atoms with E-state index in [9.17, 15) is 0 Å². The Morgan fingerprint density at radius 2 is 1.07 bits per heavy atom. The third kappa shape index (κ3) is 3.90. The molecule has 9 aromatic rings. The summed E-state index contributed by atoms with van der Waals surface area (Å²) in [5.41, 5.74) is 10.1. The molecule has 0 aliphatic rings. The van der Waals surface area contributed by atoms with E-state index < -0.39 is 0 Å². The lowest BCUT2D eigenvalue weighted by molar-refractivity contribution is 1.18. The number of pyridine rings is 1. The van der Waals surface area contributed by atoms with Crippen molar-refractivity contribution in [3.8, 4) is 39.3 Å². The normalized spacial score (nSPS) is 11.6. The summed E-state index contributed by atoms with van der Waals surface area (Å²) in [6, 6.07) is 56.5. The van der Waals surface area contributed by atoms with E-state index in [1.165, 1.54) is 53.1 Å². The summed E-state index contributed by atoms with van der Waals surface area (Å²) in [5.74, 6) is 0. The Bertz CT molecular complexity index is 2490. The van der Waals surface area contributed by atoms with Crippen LogP contribution in [-0.2, 0) is 0 Å². The van der Waals surface area contributed by atoms with Crippen LogP contribution in [0.25, 0.3) is 81.3 Å². The minimum Gasteiger partial charge on any atom is -0.309 e. The van der Waals surface area contributed by atoms with Gasteiger partial charge in [0.2, 0.25) is 0 Å². The van der Waals surface area contributed by atoms with Crippen LogP contribution >= 0.6 is 11.3 Å². The number of nitrogens with zero attached hydrogens (tertiary/aromatic N) is 2. The Kier molecular flexibility index (Phi) is 5.71. The zero-order chi connectivity index (χ0) is 29.0. The first-order chi connectivity index (χ1) is 21.8. The number of rotatable bonds is 4. The van der Waals surface area contributed by atoms with E-state index in [-0.39, 0.29) is 0 Å². The summed E-state index contributed by atoms with van der Waals surface area (Å²) >= 11 is 1.85.